The summed E-state index contributed by atoms with van der Waals surface area (Å²) in [4.78, 5) is 12.3. The number of amides is 1. The molecule has 0 aliphatic rings. The zero-order valence-electron chi connectivity index (χ0n) is 38.7. The molecule has 338 valence electrons. The van der Waals surface area contributed by atoms with Gasteiger partial charge in [-0.2, -0.15) is 0 Å². The van der Waals surface area contributed by atoms with Crippen molar-refractivity contribution in [2.24, 2.45) is 0 Å². The maximum absolute atomic E-state index is 12.3. The van der Waals surface area contributed by atoms with E-state index in [4.69, 9.17) is 0 Å². The molecular weight excluding hydrogens is 735 g/mol. The predicted molar refractivity (Wildman–Crippen MR) is 266 cm³/mol. The van der Waals surface area contributed by atoms with E-state index in [1.165, 1.54) is 83.5 Å². The monoisotopic (exact) mass is 826 g/mol. The lowest BCUT2D eigenvalue weighted by molar-refractivity contribution is -0.123. The van der Waals surface area contributed by atoms with Crippen molar-refractivity contribution in [1.82, 2.24) is 5.32 Å². The molecule has 0 aromatic rings. The number of aliphatic hydroxyl groups excluding tert-OH is 2. The number of carbonyl (C=O) groups excluding carboxylic acids is 1. The fourth-order valence-corrected chi connectivity index (χ4v) is 6.42. The third-order valence-electron chi connectivity index (χ3n) is 10.1. The topological polar surface area (TPSA) is 69.6 Å². The van der Waals surface area contributed by atoms with Crippen LogP contribution in [0.3, 0.4) is 0 Å². The van der Waals surface area contributed by atoms with Gasteiger partial charge in [0.15, 0.2) is 0 Å². The van der Waals surface area contributed by atoms with Crippen LogP contribution in [0.4, 0.5) is 0 Å². The maximum Gasteiger partial charge on any atom is 0.220 e. The lowest BCUT2D eigenvalue weighted by Gasteiger charge is -2.19. The molecule has 0 bridgehead atoms. The molecule has 0 saturated carbocycles. The summed E-state index contributed by atoms with van der Waals surface area (Å²) in [6.45, 7) is 4.11. The standard InChI is InChI=1S/C56H91NO3/c1-3-5-7-9-11-13-14-15-16-17-18-19-20-21-22-23-24-25-26-27-28-29-30-31-32-33-34-35-36-37-38-39-40-41-42-44-46-48-50-52-56(60)57-54(53-58)55(59)51-49-47-45-43-12-10-8-6-4-2/h5,7,11-13,15-16,18-19,21-22,24-25,27-28,30-31,33-34,43,49,51,54-55,58-59H,3-4,6,8-10,14,17,20,23,26,29,32,35-42,44-48,50,52-53H2,1-2H3,(H,57,60)/b7-5-,13-11-,16-15-,19-18-,22-21-,25-24-,28-27-,31-30-,34-33-,43-12+,51-49+. The van der Waals surface area contributed by atoms with Crippen LogP contribution in [0.15, 0.2) is 134 Å². The highest BCUT2D eigenvalue weighted by Gasteiger charge is 2.17. The fraction of sp³-hybridized carbons (Fsp3) is 0.589. The Bertz CT molecular complexity index is 1260. The average molecular weight is 826 g/mol. The molecule has 2 unspecified atom stereocenters. The lowest BCUT2D eigenvalue weighted by atomic mass is 10.0. The maximum atomic E-state index is 12.3. The first kappa shape index (κ1) is 56.5. The summed E-state index contributed by atoms with van der Waals surface area (Å²) in [5, 5.41) is 22.8. The Kier molecular flexibility index (Phi) is 47.0. The van der Waals surface area contributed by atoms with Gasteiger partial charge < -0.3 is 15.5 Å². The summed E-state index contributed by atoms with van der Waals surface area (Å²) in [6, 6.07) is -0.646. The summed E-state index contributed by atoms with van der Waals surface area (Å²) >= 11 is 0. The quantitative estimate of drug-likeness (QED) is 0.0424. The van der Waals surface area contributed by atoms with Gasteiger partial charge in [-0.25, -0.2) is 0 Å². The molecule has 0 radical (unpaired) electrons. The van der Waals surface area contributed by atoms with E-state index in [2.05, 4.69) is 141 Å². The highest BCUT2D eigenvalue weighted by Crippen LogP contribution is 2.13. The van der Waals surface area contributed by atoms with Crippen LogP contribution in [-0.2, 0) is 4.79 Å². The van der Waals surface area contributed by atoms with E-state index in [0.717, 1.165) is 89.9 Å². The smallest absolute Gasteiger partial charge is 0.220 e. The van der Waals surface area contributed by atoms with E-state index >= 15 is 0 Å². The number of aliphatic hydroxyl groups is 2. The van der Waals surface area contributed by atoms with Crippen molar-refractivity contribution in [1.29, 1.82) is 0 Å². The van der Waals surface area contributed by atoms with E-state index in [1.807, 2.05) is 6.08 Å². The third-order valence-corrected chi connectivity index (χ3v) is 10.1. The van der Waals surface area contributed by atoms with Gasteiger partial charge in [-0.05, 0) is 103 Å². The molecule has 4 heteroatoms. The highest BCUT2D eigenvalue weighted by molar-refractivity contribution is 5.76. The molecule has 0 heterocycles. The van der Waals surface area contributed by atoms with Crippen molar-refractivity contribution in [3.8, 4) is 0 Å². The molecular formula is C56H91NO3. The summed E-state index contributed by atoms with van der Waals surface area (Å²) in [5.41, 5.74) is 0. The van der Waals surface area contributed by atoms with Gasteiger partial charge in [0.05, 0.1) is 18.8 Å². The molecule has 0 saturated heterocycles. The number of nitrogens with one attached hydrogen (secondary N) is 1. The van der Waals surface area contributed by atoms with Gasteiger partial charge in [0.25, 0.3) is 0 Å². The largest absolute Gasteiger partial charge is 0.394 e. The normalized spacial score (nSPS) is 14.1. The SMILES string of the molecule is CC/C=C\C/C=C\C/C=C\C/C=C\C/C=C\C/C=C\C/C=C\C/C=C\C/C=C\CCCCCCCCCCCCCC(=O)NC(CO)C(O)/C=C/CC/C=C/CCCCC. The van der Waals surface area contributed by atoms with Gasteiger partial charge in [0.1, 0.15) is 0 Å². The second-order valence-corrected chi connectivity index (χ2v) is 15.8. The van der Waals surface area contributed by atoms with Gasteiger partial charge >= 0.3 is 0 Å². The van der Waals surface area contributed by atoms with Crippen LogP contribution in [-0.4, -0.2) is 34.9 Å². The predicted octanol–water partition coefficient (Wildman–Crippen LogP) is 15.9. The Morgan fingerprint density at radius 2 is 0.750 bits per heavy atom. The van der Waals surface area contributed by atoms with Crippen LogP contribution in [0.1, 0.15) is 194 Å². The van der Waals surface area contributed by atoms with Crippen molar-refractivity contribution in [2.75, 3.05) is 6.61 Å². The molecule has 2 atom stereocenters. The number of rotatable bonds is 42. The van der Waals surface area contributed by atoms with Gasteiger partial charge in [-0.3, -0.25) is 4.79 Å². The summed E-state index contributed by atoms with van der Waals surface area (Å²) in [5.74, 6) is -0.0869. The Morgan fingerprint density at radius 3 is 1.17 bits per heavy atom. The number of hydrogen-bond donors (Lipinski definition) is 3. The molecule has 60 heavy (non-hydrogen) atoms. The van der Waals surface area contributed by atoms with Crippen molar-refractivity contribution in [3.63, 3.8) is 0 Å². The zero-order valence-corrected chi connectivity index (χ0v) is 38.7. The molecule has 0 aromatic heterocycles. The zero-order chi connectivity index (χ0) is 43.5. The molecule has 0 spiro atoms. The first-order valence-electron chi connectivity index (χ1n) is 24.4. The molecule has 4 nitrogen and oxygen atoms in total. The van der Waals surface area contributed by atoms with E-state index < -0.39 is 12.1 Å². The first-order valence-corrected chi connectivity index (χ1v) is 24.4. The highest BCUT2D eigenvalue weighted by atomic mass is 16.3. The summed E-state index contributed by atoms with van der Waals surface area (Å²) < 4.78 is 0. The fourth-order valence-electron chi connectivity index (χ4n) is 6.42. The van der Waals surface area contributed by atoms with E-state index in [9.17, 15) is 15.0 Å². The molecule has 1 amide bonds. The summed E-state index contributed by atoms with van der Waals surface area (Å²) in [7, 11) is 0. The van der Waals surface area contributed by atoms with Gasteiger partial charge in [-0.1, -0.05) is 218 Å². The number of carbonyl (C=O) groups is 1. The van der Waals surface area contributed by atoms with Crippen LogP contribution in [0, 0.1) is 0 Å². The second-order valence-electron chi connectivity index (χ2n) is 15.8. The molecule has 3 N–H and O–H groups in total. The minimum atomic E-state index is -0.868. The van der Waals surface area contributed by atoms with Gasteiger partial charge in [-0.15, -0.1) is 0 Å². The molecule has 0 rings (SSSR count). The van der Waals surface area contributed by atoms with E-state index in [1.54, 1.807) is 6.08 Å². The Hall–Kier alpha value is -3.47. The van der Waals surface area contributed by atoms with E-state index in [0.29, 0.717) is 6.42 Å². The van der Waals surface area contributed by atoms with Crippen molar-refractivity contribution >= 4 is 5.91 Å². The minimum absolute atomic E-state index is 0.0869. The van der Waals surface area contributed by atoms with Crippen molar-refractivity contribution in [3.05, 3.63) is 134 Å². The van der Waals surface area contributed by atoms with Crippen LogP contribution in [0.25, 0.3) is 0 Å². The van der Waals surface area contributed by atoms with Crippen molar-refractivity contribution in [2.45, 2.75) is 206 Å². The number of allylic oxidation sites excluding steroid dienone is 21. The average Bonchev–Trinajstić information content (AvgIpc) is 3.25. The number of unbranched alkanes of at least 4 members (excludes halogenated alkanes) is 15. The Morgan fingerprint density at radius 1 is 0.417 bits per heavy atom. The first-order chi connectivity index (χ1) is 29.7. The van der Waals surface area contributed by atoms with Crippen LogP contribution < -0.4 is 5.32 Å². The molecule has 0 aliphatic carbocycles. The van der Waals surface area contributed by atoms with Gasteiger partial charge in [0, 0.05) is 6.42 Å². The van der Waals surface area contributed by atoms with Gasteiger partial charge in [0.2, 0.25) is 5.91 Å². The Balaban J connectivity index is 3.60. The van der Waals surface area contributed by atoms with Crippen molar-refractivity contribution < 1.29 is 15.0 Å². The summed E-state index contributed by atoms with van der Waals surface area (Å²) in [6.07, 6.45) is 78.8. The molecule has 0 aliphatic heterocycles. The molecule has 0 fully saturated rings. The van der Waals surface area contributed by atoms with Crippen LogP contribution in [0.2, 0.25) is 0 Å². The van der Waals surface area contributed by atoms with Crippen LogP contribution >= 0.6 is 0 Å². The van der Waals surface area contributed by atoms with Crippen LogP contribution in [0.5, 0.6) is 0 Å². The molecule has 0 aromatic carbocycles. The second kappa shape index (κ2) is 49.9. The Labute approximate surface area is 371 Å². The lowest BCUT2D eigenvalue weighted by Crippen LogP contribution is -2.45. The number of hydrogen-bond acceptors (Lipinski definition) is 3. The minimum Gasteiger partial charge on any atom is -0.394 e. The van der Waals surface area contributed by atoms with E-state index in [-0.39, 0.29) is 12.5 Å². The third kappa shape index (κ3) is 45.6.